The average Bonchev–Trinajstić information content (AvgIpc) is 2.84. The van der Waals surface area contributed by atoms with Crippen LogP contribution < -0.4 is 10.2 Å². The molecule has 2 fully saturated rings. The summed E-state index contributed by atoms with van der Waals surface area (Å²) in [5.74, 6) is 1.28. The van der Waals surface area contributed by atoms with Crippen molar-refractivity contribution in [2.45, 2.75) is 6.04 Å². The van der Waals surface area contributed by atoms with Crippen LogP contribution in [0.5, 0.6) is 0 Å². The highest BCUT2D eigenvalue weighted by Gasteiger charge is 2.29. The van der Waals surface area contributed by atoms with Crippen molar-refractivity contribution in [1.29, 1.82) is 0 Å². The summed E-state index contributed by atoms with van der Waals surface area (Å²) in [6.45, 7) is 5.24. The first-order chi connectivity index (χ1) is 17.1. The number of anilines is 3. The van der Waals surface area contributed by atoms with Crippen LogP contribution in [0.3, 0.4) is 0 Å². The second-order valence-corrected chi connectivity index (χ2v) is 7.83. The van der Waals surface area contributed by atoms with Gasteiger partial charge in [-0.1, -0.05) is 0 Å². The number of carbonyl (C=O) groups is 1. The molecule has 0 unspecified atom stereocenters. The van der Waals surface area contributed by atoms with Gasteiger partial charge in [-0.05, 0) is 24.3 Å². The van der Waals surface area contributed by atoms with Crippen LogP contribution in [0.4, 0.5) is 17.5 Å². The van der Waals surface area contributed by atoms with Gasteiger partial charge in [0.15, 0.2) is 11.2 Å². The smallest absolute Gasteiger partial charge is 0.335 e. The van der Waals surface area contributed by atoms with Crippen molar-refractivity contribution in [2.24, 2.45) is 5.34 Å². The number of piperazine rings is 1. The van der Waals surface area contributed by atoms with E-state index >= 15 is 0 Å². The van der Waals surface area contributed by atoms with Crippen molar-refractivity contribution in [3.8, 4) is 11.4 Å². The number of nitrogens with zero attached hydrogens (tertiary/aromatic N) is 7. The molecule has 0 amide bonds. The molecule has 2 aliphatic heterocycles. The van der Waals surface area contributed by atoms with E-state index in [1.54, 1.807) is 12.4 Å². The fraction of sp³-hybridized carbons (Fsp3) is 0.318. The second-order valence-electron chi connectivity index (χ2n) is 7.83. The number of aromatic carboxylic acids is 1. The van der Waals surface area contributed by atoms with Gasteiger partial charge in [0.1, 0.15) is 17.5 Å². The third-order valence-electron chi connectivity index (χ3n) is 5.67. The summed E-state index contributed by atoms with van der Waals surface area (Å²) in [5, 5.41) is 20.3. The van der Waals surface area contributed by atoms with Gasteiger partial charge >= 0.3 is 5.97 Å². The van der Waals surface area contributed by atoms with E-state index in [0.29, 0.717) is 23.5 Å². The second kappa shape index (κ2) is 11.3. The third kappa shape index (κ3) is 6.02. The molecule has 0 radical (unpaired) electrons. The number of carboxylic acids is 1. The highest BCUT2D eigenvalue weighted by molar-refractivity contribution is 5.88. The van der Waals surface area contributed by atoms with Crippen LogP contribution in [-0.2, 0) is 4.74 Å². The molecule has 2 aliphatic rings. The molecule has 2 saturated heterocycles. The minimum atomic E-state index is -1.01. The minimum absolute atomic E-state index is 0.153. The van der Waals surface area contributed by atoms with Gasteiger partial charge in [0.05, 0.1) is 24.8 Å². The Morgan fingerprint density at radius 1 is 1.09 bits per heavy atom. The van der Waals surface area contributed by atoms with Crippen molar-refractivity contribution in [1.82, 2.24) is 24.8 Å². The molecule has 3 aromatic heterocycles. The maximum atomic E-state index is 11.3. The first kappa shape index (κ1) is 23.9. The minimum Gasteiger partial charge on any atom is -0.478 e. The molecule has 3 N–H and O–H groups in total. The molecule has 5 heterocycles. The van der Waals surface area contributed by atoms with Crippen molar-refractivity contribution < 1.29 is 19.8 Å². The SMILES string of the molecule is O=C(O)c1ccnc(Nc2cc(N3CCN(C4COC4)CC3)nc(-c3cccnc3)n2)c1.O=NO. The van der Waals surface area contributed by atoms with Crippen LogP contribution in [0.25, 0.3) is 11.4 Å². The highest BCUT2D eigenvalue weighted by atomic mass is 16.6. The number of rotatable bonds is 6. The molecule has 3 aromatic rings. The van der Waals surface area contributed by atoms with Gasteiger partial charge in [-0.15, -0.1) is 4.91 Å². The van der Waals surface area contributed by atoms with Gasteiger partial charge in [0, 0.05) is 56.4 Å². The summed E-state index contributed by atoms with van der Waals surface area (Å²) in [6.07, 6.45) is 4.89. The number of pyridine rings is 2. The zero-order valence-electron chi connectivity index (χ0n) is 18.7. The molecule has 0 aliphatic carbocycles. The van der Waals surface area contributed by atoms with Crippen LogP contribution in [0.2, 0.25) is 0 Å². The molecule has 182 valence electrons. The number of ether oxygens (including phenoxy) is 1. The van der Waals surface area contributed by atoms with E-state index in [9.17, 15) is 9.90 Å². The van der Waals surface area contributed by atoms with E-state index in [0.717, 1.165) is 50.8 Å². The molecule has 13 nitrogen and oxygen atoms in total. The van der Waals surface area contributed by atoms with Crippen molar-refractivity contribution in [2.75, 3.05) is 49.6 Å². The Kier molecular flexibility index (Phi) is 7.70. The van der Waals surface area contributed by atoms with Crippen LogP contribution in [0.1, 0.15) is 10.4 Å². The molecule has 0 aromatic carbocycles. The van der Waals surface area contributed by atoms with Crippen molar-refractivity contribution >= 4 is 23.4 Å². The molecule has 0 saturated carbocycles. The van der Waals surface area contributed by atoms with Gasteiger partial charge in [-0.2, -0.15) is 0 Å². The number of aromatic nitrogens is 4. The molecule has 0 atom stereocenters. The largest absolute Gasteiger partial charge is 0.478 e. The summed E-state index contributed by atoms with van der Waals surface area (Å²) < 4.78 is 5.33. The Labute approximate surface area is 200 Å². The maximum absolute atomic E-state index is 11.3. The summed E-state index contributed by atoms with van der Waals surface area (Å²) in [7, 11) is 0. The normalized spacial score (nSPS) is 15.9. The Balaban J connectivity index is 0.000000917. The van der Waals surface area contributed by atoms with Crippen LogP contribution >= 0.6 is 0 Å². The van der Waals surface area contributed by atoms with E-state index in [1.807, 2.05) is 18.2 Å². The summed E-state index contributed by atoms with van der Waals surface area (Å²) >= 11 is 0. The summed E-state index contributed by atoms with van der Waals surface area (Å²) in [6, 6.07) is 9.08. The van der Waals surface area contributed by atoms with E-state index in [4.69, 9.17) is 19.8 Å². The standard InChI is InChI=1S/C22H23N7O3.HNO2/c30-22(31)15-3-5-24-18(10-15)25-19-11-20(27-21(26-19)16-2-1-4-23-12-16)29-8-6-28(7-9-29)17-13-32-14-17;2-1-3/h1-5,10-12,17H,6-9,13-14H2,(H,30,31)(H,24,25,26,27);(H,2,3). The Hall–Kier alpha value is -4.23. The van der Waals surface area contributed by atoms with Gasteiger partial charge in [-0.25, -0.2) is 19.7 Å². The van der Waals surface area contributed by atoms with Gasteiger partial charge in [0.2, 0.25) is 0 Å². The molecule has 0 bridgehead atoms. The number of hydrogen-bond acceptors (Lipinski definition) is 11. The van der Waals surface area contributed by atoms with Gasteiger partial charge in [-0.3, -0.25) is 9.88 Å². The third-order valence-corrected chi connectivity index (χ3v) is 5.67. The fourth-order valence-electron chi connectivity index (χ4n) is 3.80. The maximum Gasteiger partial charge on any atom is 0.335 e. The van der Waals surface area contributed by atoms with Crippen LogP contribution in [0, 0.1) is 4.91 Å². The lowest BCUT2D eigenvalue weighted by Crippen LogP contribution is -2.56. The Bertz CT molecular complexity index is 1150. The molecular weight excluding hydrogens is 456 g/mol. The van der Waals surface area contributed by atoms with Crippen molar-refractivity contribution in [3.63, 3.8) is 0 Å². The molecule has 5 rings (SSSR count). The molecule has 35 heavy (non-hydrogen) atoms. The fourth-order valence-corrected chi connectivity index (χ4v) is 3.80. The predicted octanol–water partition coefficient (Wildman–Crippen LogP) is 2.04. The van der Waals surface area contributed by atoms with E-state index in [-0.39, 0.29) is 5.56 Å². The Morgan fingerprint density at radius 3 is 2.49 bits per heavy atom. The van der Waals surface area contributed by atoms with E-state index in [1.165, 1.54) is 23.7 Å². The van der Waals surface area contributed by atoms with Crippen LogP contribution in [-0.4, -0.2) is 86.6 Å². The zero-order valence-corrected chi connectivity index (χ0v) is 18.7. The lowest BCUT2D eigenvalue weighted by Gasteiger charge is -2.42. The van der Waals surface area contributed by atoms with Crippen LogP contribution in [0.15, 0.2) is 54.3 Å². The van der Waals surface area contributed by atoms with E-state index in [2.05, 4.69) is 30.1 Å². The Morgan fingerprint density at radius 2 is 1.86 bits per heavy atom. The summed E-state index contributed by atoms with van der Waals surface area (Å²) in [5.41, 5.74) is 0.954. The lowest BCUT2D eigenvalue weighted by molar-refractivity contribution is -0.0660. The molecule has 0 spiro atoms. The number of nitrogens with one attached hydrogen (secondary N) is 1. The zero-order chi connectivity index (χ0) is 24.6. The first-order valence-corrected chi connectivity index (χ1v) is 10.9. The molecular formula is C22H24N8O5. The number of carboxylic acid groups (broad SMARTS) is 1. The first-order valence-electron chi connectivity index (χ1n) is 10.9. The monoisotopic (exact) mass is 480 g/mol. The predicted molar refractivity (Wildman–Crippen MR) is 126 cm³/mol. The quantitative estimate of drug-likeness (QED) is 0.347. The van der Waals surface area contributed by atoms with Gasteiger partial charge in [0.25, 0.3) is 0 Å². The van der Waals surface area contributed by atoms with Crippen molar-refractivity contribution in [3.05, 3.63) is 59.4 Å². The highest BCUT2D eigenvalue weighted by Crippen LogP contribution is 2.25. The topological polar surface area (TPSA) is 166 Å². The van der Waals surface area contributed by atoms with E-state index < -0.39 is 5.97 Å². The lowest BCUT2D eigenvalue weighted by atomic mass is 10.2. The molecule has 13 heteroatoms. The summed E-state index contributed by atoms with van der Waals surface area (Å²) in [4.78, 5) is 41.9. The average molecular weight is 480 g/mol. The van der Waals surface area contributed by atoms with Gasteiger partial charge < -0.3 is 25.3 Å². The number of hydrogen-bond donors (Lipinski definition) is 3.